The average molecular weight is 280 g/mol. The van der Waals surface area contributed by atoms with Crippen molar-refractivity contribution in [1.82, 2.24) is 0 Å². The molecule has 0 aliphatic heterocycles. The summed E-state index contributed by atoms with van der Waals surface area (Å²) in [4.78, 5) is 2.62. The van der Waals surface area contributed by atoms with E-state index in [0.29, 0.717) is 0 Å². The summed E-state index contributed by atoms with van der Waals surface area (Å²) in [5.41, 5.74) is 0. The Morgan fingerprint density at radius 1 is 0.450 bits per heavy atom. The van der Waals surface area contributed by atoms with Crippen molar-refractivity contribution >= 4 is 9.93 Å². The van der Waals surface area contributed by atoms with Gasteiger partial charge in [-0.1, -0.05) is 54.6 Å². The van der Waals surface area contributed by atoms with Crippen molar-refractivity contribution in [3.63, 3.8) is 0 Å². The Balaban J connectivity index is 2.27. The first kappa shape index (κ1) is 12.8. The molecule has 3 rings (SSSR count). The summed E-state index contributed by atoms with van der Waals surface area (Å²) in [6.07, 6.45) is 0. The lowest BCUT2D eigenvalue weighted by Gasteiger charge is -2.25. The second-order valence-corrected chi connectivity index (χ2v) is 7.38. The molecule has 0 unspecified atom stereocenters. The van der Waals surface area contributed by atoms with E-state index in [2.05, 4.69) is 0 Å². The highest BCUT2D eigenvalue weighted by molar-refractivity contribution is 8.03. The summed E-state index contributed by atoms with van der Waals surface area (Å²) in [5.74, 6) is 0. The number of hydrogen-bond acceptors (Lipinski definition) is 1. The van der Waals surface area contributed by atoms with Crippen LogP contribution in [0.5, 0.6) is 0 Å². The zero-order valence-electron chi connectivity index (χ0n) is 11.0. The van der Waals surface area contributed by atoms with E-state index >= 15 is 0 Å². The molecule has 0 radical (unpaired) electrons. The second-order valence-electron chi connectivity index (χ2n) is 4.62. The molecule has 20 heavy (non-hydrogen) atoms. The lowest BCUT2D eigenvalue weighted by molar-refractivity contribution is 0.669. The standard InChI is InChI=1S/C18H16OS/c19-20(16-10-4-1-5-11-16,17-12-6-2-7-13-17)18-14-8-3-9-15-18/h1-15,20H. The molecular weight excluding hydrogens is 264 g/mol. The van der Waals surface area contributed by atoms with E-state index < -0.39 is 9.93 Å². The molecule has 0 bridgehead atoms. The van der Waals surface area contributed by atoms with Crippen molar-refractivity contribution in [1.29, 1.82) is 0 Å². The second kappa shape index (κ2) is 5.43. The quantitative estimate of drug-likeness (QED) is 0.712. The van der Waals surface area contributed by atoms with Crippen LogP contribution in [0, 0.1) is 0 Å². The zero-order valence-corrected chi connectivity index (χ0v) is 11.9. The van der Waals surface area contributed by atoms with E-state index in [-0.39, 0.29) is 0 Å². The fourth-order valence-electron chi connectivity index (χ4n) is 2.36. The molecule has 0 heterocycles. The molecule has 0 aliphatic carbocycles. The van der Waals surface area contributed by atoms with Crippen LogP contribution in [0.25, 0.3) is 0 Å². The van der Waals surface area contributed by atoms with Crippen LogP contribution in [-0.4, -0.2) is 4.21 Å². The fourth-order valence-corrected chi connectivity index (χ4v) is 5.03. The van der Waals surface area contributed by atoms with Crippen LogP contribution in [-0.2, 0) is 9.93 Å². The van der Waals surface area contributed by atoms with Crippen LogP contribution < -0.4 is 0 Å². The van der Waals surface area contributed by atoms with Crippen molar-refractivity contribution in [2.45, 2.75) is 14.7 Å². The smallest absolute Gasteiger partial charge is 0.0229 e. The Hall–Kier alpha value is -2.19. The summed E-state index contributed by atoms with van der Waals surface area (Å²) >= 11 is 0. The molecule has 0 saturated heterocycles. The number of hydrogen-bond donors (Lipinski definition) is 1. The lowest BCUT2D eigenvalue weighted by Crippen LogP contribution is -2.13. The number of thiol groups is 1. The van der Waals surface area contributed by atoms with Gasteiger partial charge in [-0.15, -0.1) is 0 Å². The molecule has 3 aromatic carbocycles. The van der Waals surface area contributed by atoms with E-state index in [1.165, 1.54) is 0 Å². The SMILES string of the molecule is O=[SH](c1ccccc1)(c1ccccc1)c1ccccc1. The Bertz CT molecular complexity index is 618. The predicted molar refractivity (Wildman–Crippen MR) is 83.7 cm³/mol. The maximum Gasteiger partial charge on any atom is 0.0229 e. The molecule has 0 saturated carbocycles. The van der Waals surface area contributed by atoms with E-state index in [4.69, 9.17) is 0 Å². The zero-order chi connectivity index (χ0) is 13.8. The van der Waals surface area contributed by atoms with Crippen LogP contribution in [0.1, 0.15) is 0 Å². The van der Waals surface area contributed by atoms with Gasteiger partial charge in [0.15, 0.2) is 0 Å². The first-order valence-electron chi connectivity index (χ1n) is 6.59. The summed E-state index contributed by atoms with van der Waals surface area (Å²) < 4.78 is 13.8. The molecule has 0 spiro atoms. The Morgan fingerprint density at radius 2 is 0.700 bits per heavy atom. The molecule has 0 fully saturated rings. The Kier molecular flexibility index (Phi) is 3.48. The van der Waals surface area contributed by atoms with Gasteiger partial charge >= 0.3 is 0 Å². The van der Waals surface area contributed by atoms with Gasteiger partial charge in [-0.3, -0.25) is 4.21 Å². The van der Waals surface area contributed by atoms with Crippen molar-refractivity contribution in [3.8, 4) is 0 Å². The number of rotatable bonds is 3. The fraction of sp³-hybridized carbons (Fsp3) is 0. The van der Waals surface area contributed by atoms with Gasteiger partial charge in [0.25, 0.3) is 0 Å². The van der Waals surface area contributed by atoms with E-state index in [1.807, 2.05) is 91.0 Å². The highest BCUT2D eigenvalue weighted by atomic mass is 32.2. The third kappa shape index (κ3) is 2.19. The van der Waals surface area contributed by atoms with Crippen molar-refractivity contribution < 1.29 is 4.21 Å². The predicted octanol–water partition coefficient (Wildman–Crippen LogP) is 4.18. The van der Waals surface area contributed by atoms with Crippen LogP contribution in [0.4, 0.5) is 0 Å². The highest BCUT2D eigenvalue weighted by Crippen LogP contribution is 2.35. The van der Waals surface area contributed by atoms with Gasteiger partial charge in [0.05, 0.1) is 0 Å². The van der Waals surface area contributed by atoms with Gasteiger partial charge in [0, 0.05) is 14.7 Å². The molecular formula is C18H16OS. The largest absolute Gasteiger partial charge is 0.271 e. The normalized spacial score (nSPS) is 12.0. The Labute approximate surface area is 120 Å². The molecule has 0 aromatic heterocycles. The van der Waals surface area contributed by atoms with Crippen molar-refractivity contribution in [3.05, 3.63) is 91.0 Å². The Morgan fingerprint density at radius 3 is 0.950 bits per heavy atom. The van der Waals surface area contributed by atoms with Crippen LogP contribution in [0.3, 0.4) is 0 Å². The van der Waals surface area contributed by atoms with Gasteiger partial charge in [-0.25, -0.2) is 0 Å². The molecule has 100 valence electrons. The van der Waals surface area contributed by atoms with Crippen molar-refractivity contribution in [2.75, 3.05) is 0 Å². The highest BCUT2D eigenvalue weighted by Gasteiger charge is 2.22. The van der Waals surface area contributed by atoms with Crippen molar-refractivity contribution in [2.24, 2.45) is 0 Å². The van der Waals surface area contributed by atoms with Gasteiger partial charge < -0.3 is 0 Å². The van der Waals surface area contributed by atoms with Gasteiger partial charge in [0.1, 0.15) is 0 Å². The van der Waals surface area contributed by atoms with E-state index in [9.17, 15) is 4.21 Å². The molecule has 0 atom stereocenters. The third-order valence-corrected chi connectivity index (χ3v) is 6.44. The molecule has 0 aliphatic rings. The average Bonchev–Trinajstić information content (AvgIpc) is 2.56. The summed E-state index contributed by atoms with van der Waals surface area (Å²) in [7, 11) is -2.78. The minimum atomic E-state index is -2.78. The topological polar surface area (TPSA) is 17.1 Å². The molecule has 2 heteroatoms. The summed E-state index contributed by atoms with van der Waals surface area (Å²) in [6.45, 7) is 0. The molecule has 1 nitrogen and oxygen atoms in total. The maximum atomic E-state index is 13.8. The minimum absolute atomic E-state index is 0.873. The van der Waals surface area contributed by atoms with E-state index in [1.54, 1.807) is 0 Å². The monoisotopic (exact) mass is 280 g/mol. The first-order valence-corrected chi connectivity index (χ1v) is 8.29. The first-order chi connectivity index (χ1) is 9.82. The third-order valence-electron chi connectivity index (χ3n) is 3.36. The van der Waals surface area contributed by atoms with Crippen LogP contribution in [0.15, 0.2) is 106 Å². The molecule has 3 aromatic rings. The lowest BCUT2D eigenvalue weighted by atomic mass is 10.4. The summed E-state index contributed by atoms with van der Waals surface area (Å²) in [6, 6.07) is 29.1. The summed E-state index contributed by atoms with van der Waals surface area (Å²) in [5, 5.41) is 0. The molecule has 0 N–H and O–H groups in total. The molecule has 0 amide bonds. The minimum Gasteiger partial charge on any atom is -0.271 e. The maximum absolute atomic E-state index is 13.8. The van der Waals surface area contributed by atoms with Crippen LogP contribution in [0.2, 0.25) is 0 Å². The number of benzene rings is 3. The van der Waals surface area contributed by atoms with Gasteiger partial charge in [-0.2, -0.15) is 0 Å². The van der Waals surface area contributed by atoms with Gasteiger partial charge in [0.2, 0.25) is 0 Å². The van der Waals surface area contributed by atoms with Crippen LogP contribution >= 0.6 is 0 Å². The van der Waals surface area contributed by atoms with Gasteiger partial charge in [-0.05, 0) is 46.3 Å². The van der Waals surface area contributed by atoms with E-state index in [0.717, 1.165) is 14.7 Å².